The Hall–Kier alpha value is -1.71. The van der Waals surface area contributed by atoms with E-state index in [2.05, 4.69) is 15.6 Å². The molecular formula is C8H14N4O5. The van der Waals surface area contributed by atoms with Gasteiger partial charge in [0.15, 0.2) is 0 Å². The first-order valence-corrected chi connectivity index (χ1v) is 4.85. The second-order valence-electron chi connectivity index (χ2n) is 3.37. The van der Waals surface area contributed by atoms with Crippen LogP contribution in [0.15, 0.2) is 4.99 Å². The van der Waals surface area contributed by atoms with Gasteiger partial charge in [0.2, 0.25) is 12.4 Å². The van der Waals surface area contributed by atoms with Crippen molar-refractivity contribution in [1.82, 2.24) is 10.6 Å². The Labute approximate surface area is 96.6 Å². The number of rotatable bonds is 3. The summed E-state index contributed by atoms with van der Waals surface area (Å²) in [5.41, 5.74) is 5.16. The molecule has 1 saturated heterocycles. The van der Waals surface area contributed by atoms with Gasteiger partial charge in [-0.25, -0.2) is 4.79 Å². The first kappa shape index (κ1) is 13.4. The van der Waals surface area contributed by atoms with Gasteiger partial charge in [-0.1, -0.05) is 0 Å². The van der Waals surface area contributed by atoms with Gasteiger partial charge in [0.05, 0.1) is 12.7 Å². The lowest BCUT2D eigenvalue weighted by Crippen LogP contribution is -2.47. The summed E-state index contributed by atoms with van der Waals surface area (Å²) in [7, 11) is 0. The van der Waals surface area contributed by atoms with Gasteiger partial charge in [-0.2, -0.15) is 4.99 Å². The molecule has 6 N–H and O–H groups in total. The minimum Gasteiger partial charge on any atom is -0.394 e. The molecule has 17 heavy (non-hydrogen) atoms. The summed E-state index contributed by atoms with van der Waals surface area (Å²) < 4.78 is 5.11. The Bertz CT molecular complexity index is 321. The number of carbonyl (C=O) groups excluding carboxylic acids is 2. The zero-order valence-corrected chi connectivity index (χ0v) is 8.87. The van der Waals surface area contributed by atoms with Crippen molar-refractivity contribution in [3.8, 4) is 0 Å². The number of hydrogen-bond acceptors (Lipinski definition) is 5. The fraction of sp³-hybridized carbons (Fsp3) is 0.625. The van der Waals surface area contributed by atoms with E-state index in [0.717, 1.165) is 0 Å². The van der Waals surface area contributed by atoms with Gasteiger partial charge in [-0.3, -0.25) is 10.1 Å². The van der Waals surface area contributed by atoms with Crippen LogP contribution in [0.25, 0.3) is 0 Å². The normalized spacial score (nSPS) is 28.8. The summed E-state index contributed by atoms with van der Waals surface area (Å²) in [6, 6.07) is -0.719. The van der Waals surface area contributed by atoms with Crippen molar-refractivity contribution in [1.29, 1.82) is 0 Å². The van der Waals surface area contributed by atoms with E-state index >= 15 is 0 Å². The Morgan fingerprint density at radius 3 is 2.88 bits per heavy atom. The van der Waals surface area contributed by atoms with Gasteiger partial charge in [-0.05, 0) is 0 Å². The van der Waals surface area contributed by atoms with Crippen LogP contribution in [-0.4, -0.2) is 53.7 Å². The number of nitrogens with one attached hydrogen (secondary N) is 2. The van der Waals surface area contributed by atoms with Crippen LogP contribution in [0.3, 0.4) is 0 Å². The third-order valence-corrected chi connectivity index (χ3v) is 2.13. The van der Waals surface area contributed by atoms with Crippen molar-refractivity contribution >= 4 is 18.4 Å². The highest BCUT2D eigenvalue weighted by molar-refractivity contribution is 5.97. The van der Waals surface area contributed by atoms with Gasteiger partial charge >= 0.3 is 6.03 Å². The maximum Gasteiger partial charge on any atom is 0.323 e. The molecule has 9 heteroatoms. The molecule has 0 saturated carbocycles. The molecule has 0 spiro atoms. The zero-order valence-electron chi connectivity index (χ0n) is 8.87. The lowest BCUT2D eigenvalue weighted by molar-refractivity contribution is -0.106. The van der Waals surface area contributed by atoms with Crippen LogP contribution in [0, 0.1) is 0 Å². The van der Waals surface area contributed by atoms with E-state index in [9.17, 15) is 14.7 Å². The lowest BCUT2D eigenvalue weighted by Gasteiger charge is -2.13. The minimum absolute atomic E-state index is 0.156. The average molecular weight is 246 g/mol. The van der Waals surface area contributed by atoms with E-state index in [-0.39, 0.29) is 25.4 Å². The maximum absolute atomic E-state index is 11.3. The molecule has 0 bridgehead atoms. The Morgan fingerprint density at radius 2 is 2.35 bits per heavy atom. The molecule has 0 aromatic carbocycles. The Morgan fingerprint density at radius 1 is 1.65 bits per heavy atom. The van der Waals surface area contributed by atoms with E-state index in [4.69, 9.17) is 15.6 Å². The average Bonchev–Trinajstić information content (AvgIpc) is 2.58. The molecule has 1 aliphatic rings. The number of ether oxygens (including phenoxy) is 1. The third-order valence-electron chi connectivity index (χ3n) is 2.13. The number of aliphatic hydroxyl groups excluding tert-OH is 2. The summed E-state index contributed by atoms with van der Waals surface area (Å²) in [5.74, 6) is -0.352. The third kappa shape index (κ3) is 3.98. The molecule has 3 amide bonds. The minimum atomic E-state index is -0.841. The van der Waals surface area contributed by atoms with Gasteiger partial charge < -0.3 is 26.0 Å². The number of aliphatic imine (C=N–C) groups is 1. The van der Waals surface area contributed by atoms with Crippen molar-refractivity contribution < 1.29 is 24.5 Å². The summed E-state index contributed by atoms with van der Waals surface area (Å²) in [4.78, 5) is 24.3. The first-order valence-electron chi connectivity index (χ1n) is 4.85. The van der Waals surface area contributed by atoms with Crippen LogP contribution in [0.2, 0.25) is 0 Å². The summed E-state index contributed by atoms with van der Waals surface area (Å²) in [6.45, 7) is -0.338. The molecule has 1 heterocycles. The van der Waals surface area contributed by atoms with Crippen molar-refractivity contribution in [3.63, 3.8) is 0 Å². The number of nitrogens with two attached hydrogens (primary N) is 1. The number of urea groups is 1. The molecule has 1 fully saturated rings. The van der Waals surface area contributed by atoms with Gasteiger partial charge in [0.25, 0.3) is 0 Å². The number of carbonyl (C=O) groups is 2. The number of amides is 3. The zero-order chi connectivity index (χ0) is 12.8. The van der Waals surface area contributed by atoms with Gasteiger partial charge in [-0.15, -0.1) is 0 Å². The fourth-order valence-electron chi connectivity index (χ4n) is 1.37. The predicted octanol–water partition coefficient (Wildman–Crippen LogP) is -2.78. The van der Waals surface area contributed by atoms with E-state index < -0.39 is 24.5 Å². The predicted molar refractivity (Wildman–Crippen MR) is 55.7 cm³/mol. The van der Waals surface area contributed by atoms with E-state index in [0.29, 0.717) is 0 Å². The SMILES string of the molecule is NC(=NC=O)NC(=O)NC1CC(O)C(CO)O1. The Kier molecular flexibility index (Phi) is 4.82. The molecule has 3 atom stereocenters. The summed E-state index contributed by atoms with van der Waals surface area (Å²) in [6.07, 6.45) is -1.95. The molecule has 1 aliphatic heterocycles. The molecule has 0 aromatic rings. The van der Waals surface area contributed by atoms with Gasteiger partial charge in [0.1, 0.15) is 12.3 Å². The van der Waals surface area contributed by atoms with Crippen molar-refractivity contribution in [2.75, 3.05) is 6.61 Å². The molecule has 96 valence electrons. The Balaban J connectivity index is 2.38. The van der Waals surface area contributed by atoms with Crippen molar-refractivity contribution in [2.24, 2.45) is 10.7 Å². The van der Waals surface area contributed by atoms with Crippen LogP contribution in [-0.2, 0) is 9.53 Å². The molecule has 3 unspecified atom stereocenters. The standard InChI is InChI=1S/C8H14N4O5/c9-7(10-3-14)12-8(16)11-6-1-4(15)5(2-13)17-6/h3-6,13,15H,1-2H2,(H4,9,10,11,12,14,16). The molecular weight excluding hydrogens is 232 g/mol. The topological polar surface area (TPSA) is 146 Å². The summed E-state index contributed by atoms with van der Waals surface area (Å²) >= 11 is 0. The highest BCUT2D eigenvalue weighted by atomic mass is 16.5. The number of nitrogens with zero attached hydrogens (tertiary/aromatic N) is 1. The second kappa shape index (κ2) is 6.13. The van der Waals surface area contributed by atoms with E-state index in [1.807, 2.05) is 0 Å². The van der Waals surface area contributed by atoms with Crippen LogP contribution in [0.4, 0.5) is 4.79 Å². The molecule has 0 aliphatic carbocycles. The van der Waals surface area contributed by atoms with E-state index in [1.165, 1.54) is 0 Å². The van der Waals surface area contributed by atoms with Gasteiger partial charge in [0, 0.05) is 6.42 Å². The summed E-state index contributed by atoms with van der Waals surface area (Å²) in [5, 5.41) is 22.6. The molecule has 0 aromatic heterocycles. The highest BCUT2D eigenvalue weighted by Gasteiger charge is 2.34. The second-order valence-corrected chi connectivity index (χ2v) is 3.37. The largest absolute Gasteiger partial charge is 0.394 e. The number of hydrogen-bond donors (Lipinski definition) is 5. The first-order chi connectivity index (χ1) is 8.06. The molecule has 9 nitrogen and oxygen atoms in total. The van der Waals surface area contributed by atoms with Crippen molar-refractivity contribution in [2.45, 2.75) is 24.9 Å². The number of guanidine groups is 1. The van der Waals surface area contributed by atoms with Crippen LogP contribution in [0.5, 0.6) is 0 Å². The van der Waals surface area contributed by atoms with Crippen LogP contribution in [0.1, 0.15) is 6.42 Å². The highest BCUT2D eigenvalue weighted by Crippen LogP contribution is 2.17. The fourth-order valence-corrected chi connectivity index (χ4v) is 1.37. The van der Waals surface area contributed by atoms with E-state index in [1.54, 1.807) is 0 Å². The molecule has 1 rings (SSSR count). The lowest BCUT2D eigenvalue weighted by atomic mass is 10.2. The van der Waals surface area contributed by atoms with Crippen LogP contribution < -0.4 is 16.4 Å². The van der Waals surface area contributed by atoms with Crippen molar-refractivity contribution in [3.05, 3.63) is 0 Å². The monoisotopic (exact) mass is 246 g/mol. The smallest absolute Gasteiger partial charge is 0.323 e. The quantitative estimate of drug-likeness (QED) is 0.207. The number of aliphatic hydroxyl groups is 2. The maximum atomic E-state index is 11.3. The molecule has 0 radical (unpaired) electrons. The van der Waals surface area contributed by atoms with Crippen LogP contribution >= 0.6 is 0 Å².